The molecule has 0 amide bonds. The third kappa shape index (κ3) is 2.37. The lowest BCUT2D eigenvalue weighted by atomic mass is 10.1. The van der Waals surface area contributed by atoms with Crippen molar-refractivity contribution in [1.82, 2.24) is 9.78 Å². The number of aryl methyl sites for hydroxylation is 2. The summed E-state index contributed by atoms with van der Waals surface area (Å²) in [5.74, 6) is 0.782. The van der Waals surface area contributed by atoms with Gasteiger partial charge in [0.1, 0.15) is 0 Å². The predicted octanol–water partition coefficient (Wildman–Crippen LogP) is 2.01. The van der Waals surface area contributed by atoms with E-state index >= 15 is 0 Å². The summed E-state index contributed by atoms with van der Waals surface area (Å²) in [5, 5.41) is 4.11. The molecule has 0 aromatic carbocycles. The van der Waals surface area contributed by atoms with Crippen LogP contribution in [0.3, 0.4) is 0 Å². The highest BCUT2D eigenvalue weighted by Crippen LogP contribution is 2.06. The minimum absolute atomic E-state index is 0.782. The smallest absolute Gasteiger partial charge is 0.0492 e. The molecule has 0 aliphatic rings. The average Bonchev–Trinajstić information content (AvgIpc) is 2.31. The summed E-state index contributed by atoms with van der Waals surface area (Å²) < 4.78 is 1.95. The van der Waals surface area contributed by atoms with Gasteiger partial charge in [0.2, 0.25) is 0 Å². The second-order valence-electron chi connectivity index (χ2n) is 3.38. The van der Waals surface area contributed by atoms with E-state index in [1.807, 2.05) is 17.9 Å². The van der Waals surface area contributed by atoms with Crippen molar-refractivity contribution in [2.75, 3.05) is 0 Å². The molecule has 1 aromatic rings. The lowest BCUT2D eigenvalue weighted by Gasteiger charge is -2.03. The van der Waals surface area contributed by atoms with Crippen LogP contribution in [0, 0.1) is 5.92 Å². The monoisotopic (exact) mass is 152 g/mol. The molecule has 0 aliphatic carbocycles. The number of hydrogen-bond donors (Lipinski definition) is 0. The van der Waals surface area contributed by atoms with Gasteiger partial charge in [-0.3, -0.25) is 4.68 Å². The Morgan fingerprint density at radius 1 is 1.55 bits per heavy atom. The van der Waals surface area contributed by atoms with E-state index < -0.39 is 0 Å². The molecular formula is C9H16N2. The Labute approximate surface area is 68.2 Å². The Balaban J connectivity index is 2.44. The van der Waals surface area contributed by atoms with Gasteiger partial charge in [0.05, 0.1) is 0 Å². The Morgan fingerprint density at radius 3 is 2.73 bits per heavy atom. The first-order valence-electron chi connectivity index (χ1n) is 4.17. The molecule has 0 fully saturated rings. The topological polar surface area (TPSA) is 17.8 Å². The van der Waals surface area contributed by atoms with E-state index in [1.165, 1.54) is 12.1 Å². The van der Waals surface area contributed by atoms with Gasteiger partial charge < -0.3 is 0 Å². The zero-order valence-electron chi connectivity index (χ0n) is 7.54. The van der Waals surface area contributed by atoms with Gasteiger partial charge >= 0.3 is 0 Å². The lowest BCUT2D eigenvalue weighted by molar-refractivity contribution is 0.565. The first-order valence-corrected chi connectivity index (χ1v) is 4.17. The van der Waals surface area contributed by atoms with Crippen molar-refractivity contribution in [1.29, 1.82) is 0 Å². The standard InChI is InChI=1S/C9H16N2/c1-8(2)4-5-9-6-7-10-11(9)3/h6-8H,4-5H2,1-3H3. The lowest BCUT2D eigenvalue weighted by Crippen LogP contribution is -2.00. The molecule has 0 aliphatic heterocycles. The summed E-state index contributed by atoms with van der Waals surface area (Å²) in [6, 6.07) is 2.09. The van der Waals surface area contributed by atoms with Crippen LogP contribution in [0.2, 0.25) is 0 Å². The Kier molecular flexibility index (Phi) is 2.69. The molecule has 1 aromatic heterocycles. The molecule has 0 saturated heterocycles. The van der Waals surface area contributed by atoms with Gasteiger partial charge in [-0.05, 0) is 24.8 Å². The number of rotatable bonds is 3. The molecular weight excluding hydrogens is 136 g/mol. The van der Waals surface area contributed by atoms with E-state index in [1.54, 1.807) is 0 Å². The van der Waals surface area contributed by atoms with Gasteiger partial charge in [0, 0.05) is 18.9 Å². The molecule has 0 saturated carbocycles. The maximum absolute atomic E-state index is 4.11. The fourth-order valence-corrected chi connectivity index (χ4v) is 1.08. The zero-order valence-corrected chi connectivity index (χ0v) is 7.54. The SMILES string of the molecule is CC(C)CCc1ccnn1C. The molecule has 1 rings (SSSR count). The number of nitrogens with zero attached hydrogens (tertiary/aromatic N) is 2. The van der Waals surface area contributed by atoms with Crippen LogP contribution >= 0.6 is 0 Å². The molecule has 0 radical (unpaired) electrons. The predicted molar refractivity (Wildman–Crippen MR) is 46.4 cm³/mol. The number of hydrogen-bond acceptors (Lipinski definition) is 1. The first-order chi connectivity index (χ1) is 5.20. The molecule has 0 N–H and O–H groups in total. The summed E-state index contributed by atoms with van der Waals surface area (Å²) in [4.78, 5) is 0. The Morgan fingerprint density at radius 2 is 2.27 bits per heavy atom. The maximum atomic E-state index is 4.11. The molecule has 0 atom stereocenters. The van der Waals surface area contributed by atoms with Crippen LogP contribution in [0.15, 0.2) is 12.3 Å². The van der Waals surface area contributed by atoms with E-state index in [-0.39, 0.29) is 0 Å². The fraction of sp³-hybridized carbons (Fsp3) is 0.667. The van der Waals surface area contributed by atoms with E-state index in [4.69, 9.17) is 0 Å². The van der Waals surface area contributed by atoms with Crippen LogP contribution in [0.1, 0.15) is 26.0 Å². The van der Waals surface area contributed by atoms with Gasteiger partial charge in [0.15, 0.2) is 0 Å². The second-order valence-corrected chi connectivity index (χ2v) is 3.38. The van der Waals surface area contributed by atoms with Crippen molar-refractivity contribution in [2.45, 2.75) is 26.7 Å². The quantitative estimate of drug-likeness (QED) is 0.647. The zero-order chi connectivity index (χ0) is 8.27. The van der Waals surface area contributed by atoms with Gasteiger partial charge in [-0.15, -0.1) is 0 Å². The number of aromatic nitrogens is 2. The van der Waals surface area contributed by atoms with Gasteiger partial charge in [0.25, 0.3) is 0 Å². The van der Waals surface area contributed by atoms with Crippen molar-refractivity contribution < 1.29 is 0 Å². The van der Waals surface area contributed by atoms with Crippen LogP contribution in [0.5, 0.6) is 0 Å². The van der Waals surface area contributed by atoms with Crippen molar-refractivity contribution in [3.05, 3.63) is 18.0 Å². The summed E-state index contributed by atoms with van der Waals surface area (Å²) in [6.45, 7) is 4.49. The highest BCUT2D eigenvalue weighted by molar-refractivity contribution is 4.99. The summed E-state index contributed by atoms with van der Waals surface area (Å²) in [5.41, 5.74) is 1.33. The van der Waals surface area contributed by atoms with E-state index in [2.05, 4.69) is 25.0 Å². The summed E-state index contributed by atoms with van der Waals surface area (Å²) >= 11 is 0. The average molecular weight is 152 g/mol. The molecule has 0 unspecified atom stereocenters. The highest BCUT2D eigenvalue weighted by Gasteiger charge is 1.99. The summed E-state index contributed by atoms with van der Waals surface area (Å²) in [6.07, 6.45) is 4.25. The summed E-state index contributed by atoms with van der Waals surface area (Å²) in [7, 11) is 2.00. The Hall–Kier alpha value is -0.790. The van der Waals surface area contributed by atoms with Crippen molar-refractivity contribution in [3.8, 4) is 0 Å². The highest BCUT2D eigenvalue weighted by atomic mass is 15.2. The minimum Gasteiger partial charge on any atom is -0.273 e. The molecule has 0 bridgehead atoms. The van der Waals surface area contributed by atoms with Crippen molar-refractivity contribution >= 4 is 0 Å². The second kappa shape index (κ2) is 3.56. The van der Waals surface area contributed by atoms with E-state index in [9.17, 15) is 0 Å². The molecule has 11 heavy (non-hydrogen) atoms. The first kappa shape index (κ1) is 8.31. The Bertz CT molecular complexity index is 213. The normalized spacial score (nSPS) is 10.9. The largest absolute Gasteiger partial charge is 0.273 e. The van der Waals surface area contributed by atoms with Crippen LogP contribution in [0.25, 0.3) is 0 Å². The minimum atomic E-state index is 0.782. The maximum Gasteiger partial charge on any atom is 0.0492 e. The van der Waals surface area contributed by atoms with Crippen LogP contribution in [0.4, 0.5) is 0 Å². The van der Waals surface area contributed by atoms with Gasteiger partial charge in [-0.25, -0.2) is 0 Å². The van der Waals surface area contributed by atoms with E-state index in [0.29, 0.717) is 0 Å². The van der Waals surface area contributed by atoms with Crippen molar-refractivity contribution in [2.24, 2.45) is 13.0 Å². The molecule has 2 heteroatoms. The van der Waals surface area contributed by atoms with Crippen LogP contribution in [-0.2, 0) is 13.5 Å². The molecule has 2 nitrogen and oxygen atoms in total. The molecule has 62 valence electrons. The molecule has 0 spiro atoms. The van der Waals surface area contributed by atoms with Crippen LogP contribution in [-0.4, -0.2) is 9.78 Å². The molecule has 1 heterocycles. The van der Waals surface area contributed by atoms with E-state index in [0.717, 1.165) is 12.3 Å². The third-order valence-electron chi connectivity index (χ3n) is 1.90. The van der Waals surface area contributed by atoms with Crippen molar-refractivity contribution in [3.63, 3.8) is 0 Å². The third-order valence-corrected chi connectivity index (χ3v) is 1.90. The fourth-order valence-electron chi connectivity index (χ4n) is 1.08. The van der Waals surface area contributed by atoms with Gasteiger partial charge in [-0.1, -0.05) is 13.8 Å². The van der Waals surface area contributed by atoms with Crippen LogP contribution < -0.4 is 0 Å². The van der Waals surface area contributed by atoms with Gasteiger partial charge in [-0.2, -0.15) is 5.10 Å².